The first-order chi connectivity index (χ1) is 7.54. The molecule has 0 aliphatic carbocycles. The van der Waals surface area contributed by atoms with Gasteiger partial charge in [0.25, 0.3) is 0 Å². The number of rotatable bonds is 5. The van der Waals surface area contributed by atoms with Crippen molar-refractivity contribution in [2.45, 2.75) is 26.4 Å². The van der Waals surface area contributed by atoms with Crippen LogP contribution in [-0.4, -0.2) is 17.8 Å². The number of hydrogen-bond acceptors (Lipinski definition) is 2. The molecule has 0 heterocycles. The summed E-state index contributed by atoms with van der Waals surface area (Å²) in [6.45, 7) is 4.55. The second-order valence-corrected chi connectivity index (χ2v) is 4.56. The van der Waals surface area contributed by atoms with Crippen LogP contribution in [0.5, 0.6) is 0 Å². The molecule has 16 heavy (non-hydrogen) atoms. The molecule has 0 bridgehead atoms. The van der Waals surface area contributed by atoms with Crippen molar-refractivity contribution >= 4 is 11.6 Å². The Morgan fingerprint density at radius 2 is 2.12 bits per heavy atom. The lowest BCUT2D eigenvalue weighted by atomic mass is 10.1. The number of nitrogens with one attached hydrogen (secondary N) is 1. The van der Waals surface area contributed by atoms with E-state index in [0.717, 1.165) is 0 Å². The number of aliphatic hydroxyl groups is 1. The molecule has 2 nitrogen and oxygen atoms in total. The Kier molecular flexibility index (Phi) is 5.19. The van der Waals surface area contributed by atoms with E-state index in [-0.39, 0.29) is 18.5 Å². The van der Waals surface area contributed by atoms with Crippen LogP contribution >= 0.6 is 11.6 Å². The van der Waals surface area contributed by atoms with Crippen molar-refractivity contribution in [2.24, 2.45) is 5.92 Å². The third kappa shape index (κ3) is 3.74. The molecule has 4 heteroatoms. The van der Waals surface area contributed by atoms with Crippen LogP contribution in [-0.2, 0) is 6.54 Å². The molecule has 0 aromatic heterocycles. The second-order valence-electron chi connectivity index (χ2n) is 4.15. The van der Waals surface area contributed by atoms with E-state index in [1.54, 1.807) is 0 Å². The Balaban J connectivity index is 2.63. The first-order valence-electron chi connectivity index (χ1n) is 5.32. The molecule has 1 rings (SSSR count). The van der Waals surface area contributed by atoms with E-state index >= 15 is 0 Å². The van der Waals surface area contributed by atoms with Gasteiger partial charge in [0.2, 0.25) is 0 Å². The van der Waals surface area contributed by atoms with Crippen LogP contribution in [0.1, 0.15) is 19.4 Å². The quantitative estimate of drug-likeness (QED) is 0.836. The van der Waals surface area contributed by atoms with Crippen LogP contribution in [0, 0.1) is 11.7 Å². The minimum atomic E-state index is -0.300. The first kappa shape index (κ1) is 13.4. The predicted octanol–water partition coefficient (Wildman–Crippen LogP) is 2.59. The van der Waals surface area contributed by atoms with Gasteiger partial charge in [-0.05, 0) is 29.7 Å². The molecule has 1 aromatic rings. The van der Waals surface area contributed by atoms with E-state index in [4.69, 9.17) is 16.7 Å². The normalized spacial score (nSPS) is 13.1. The lowest BCUT2D eigenvalue weighted by Crippen LogP contribution is -2.36. The number of halogens is 2. The number of hydrogen-bond donors (Lipinski definition) is 2. The minimum absolute atomic E-state index is 0.000617. The molecule has 0 amide bonds. The van der Waals surface area contributed by atoms with Crippen LogP contribution in [0.4, 0.5) is 4.39 Å². The van der Waals surface area contributed by atoms with Crippen LogP contribution in [0.15, 0.2) is 18.2 Å². The highest BCUT2D eigenvalue weighted by Gasteiger charge is 2.12. The van der Waals surface area contributed by atoms with Crippen LogP contribution in [0.3, 0.4) is 0 Å². The SMILES string of the molecule is CC(C)[C@@H](CO)NCc1cc(F)ccc1Cl. The molecule has 0 fully saturated rings. The molecule has 0 saturated heterocycles. The standard InChI is InChI=1S/C12H17ClFNO/c1-8(2)12(7-16)15-6-9-5-10(14)3-4-11(9)13/h3-5,8,12,15-16H,6-7H2,1-2H3/t12-/m1/s1. The van der Waals surface area contributed by atoms with E-state index in [0.29, 0.717) is 23.0 Å². The average Bonchev–Trinajstić information content (AvgIpc) is 2.23. The summed E-state index contributed by atoms with van der Waals surface area (Å²) < 4.78 is 13.0. The van der Waals surface area contributed by atoms with Crippen LogP contribution < -0.4 is 5.32 Å². The molecule has 0 unspecified atom stereocenters. The monoisotopic (exact) mass is 245 g/mol. The largest absolute Gasteiger partial charge is 0.395 e. The fraction of sp³-hybridized carbons (Fsp3) is 0.500. The Morgan fingerprint density at radius 1 is 1.44 bits per heavy atom. The summed E-state index contributed by atoms with van der Waals surface area (Å²) in [7, 11) is 0. The summed E-state index contributed by atoms with van der Waals surface area (Å²) >= 11 is 5.93. The maximum absolute atomic E-state index is 13.0. The first-order valence-corrected chi connectivity index (χ1v) is 5.70. The van der Waals surface area contributed by atoms with Gasteiger partial charge >= 0.3 is 0 Å². The van der Waals surface area contributed by atoms with Gasteiger partial charge in [-0.15, -0.1) is 0 Å². The zero-order chi connectivity index (χ0) is 12.1. The van der Waals surface area contributed by atoms with Crippen molar-refractivity contribution in [3.63, 3.8) is 0 Å². The van der Waals surface area contributed by atoms with Crippen molar-refractivity contribution in [1.82, 2.24) is 5.32 Å². The molecular formula is C12H17ClFNO. The van der Waals surface area contributed by atoms with Crippen LogP contribution in [0.25, 0.3) is 0 Å². The minimum Gasteiger partial charge on any atom is -0.395 e. The van der Waals surface area contributed by atoms with E-state index < -0.39 is 0 Å². The molecule has 0 saturated carbocycles. The average molecular weight is 246 g/mol. The Labute approximate surface area is 100 Å². The summed E-state index contributed by atoms with van der Waals surface area (Å²) in [4.78, 5) is 0. The van der Waals surface area contributed by atoms with Gasteiger partial charge in [0.15, 0.2) is 0 Å². The van der Waals surface area contributed by atoms with Gasteiger partial charge in [-0.25, -0.2) is 4.39 Å². The fourth-order valence-electron chi connectivity index (χ4n) is 1.43. The lowest BCUT2D eigenvalue weighted by molar-refractivity contribution is 0.210. The third-order valence-electron chi connectivity index (χ3n) is 2.56. The highest BCUT2D eigenvalue weighted by Crippen LogP contribution is 2.17. The van der Waals surface area contributed by atoms with Crippen molar-refractivity contribution in [3.8, 4) is 0 Å². The third-order valence-corrected chi connectivity index (χ3v) is 2.93. The van der Waals surface area contributed by atoms with Gasteiger partial charge in [0.05, 0.1) is 6.61 Å². The van der Waals surface area contributed by atoms with Crippen molar-refractivity contribution < 1.29 is 9.50 Å². The highest BCUT2D eigenvalue weighted by molar-refractivity contribution is 6.31. The van der Waals surface area contributed by atoms with Gasteiger partial charge < -0.3 is 10.4 Å². The van der Waals surface area contributed by atoms with Gasteiger partial charge in [-0.2, -0.15) is 0 Å². The maximum atomic E-state index is 13.0. The van der Waals surface area contributed by atoms with Crippen molar-refractivity contribution in [3.05, 3.63) is 34.6 Å². The zero-order valence-electron chi connectivity index (χ0n) is 9.50. The predicted molar refractivity (Wildman–Crippen MR) is 64.0 cm³/mol. The summed E-state index contributed by atoms with van der Waals surface area (Å²) in [6, 6.07) is 4.28. The molecular weight excluding hydrogens is 229 g/mol. The Morgan fingerprint density at radius 3 is 2.69 bits per heavy atom. The fourth-order valence-corrected chi connectivity index (χ4v) is 1.62. The summed E-state index contributed by atoms with van der Waals surface area (Å²) in [5, 5.41) is 12.8. The summed E-state index contributed by atoms with van der Waals surface area (Å²) in [5.74, 6) is 0.0173. The van der Waals surface area contributed by atoms with E-state index in [1.807, 2.05) is 13.8 Å². The Bertz CT molecular complexity index is 344. The molecule has 0 spiro atoms. The summed E-state index contributed by atoms with van der Waals surface area (Å²) in [6.07, 6.45) is 0. The van der Waals surface area contributed by atoms with E-state index in [9.17, 15) is 4.39 Å². The molecule has 1 atom stereocenters. The van der Waals surface area contributed by atoms with Crippen molar-refractivity contribution in [1.29, 1.82) is 0 Å². The zero-order valence-corrected chi connectivity index (χ0v) is 10.3. The van der Waals surface area contributed by atoms with Gasteiger partial charge in [0, 0.05) is 17.6 Å². The Hall–Kier alpha value is -0.640. The van der Waals surface area contributed by atoms with E-state index in [1.165, 1.54) is 18.2 Å². The maximum Gasteiger partial charge on any atom is 0.123 e. The van der Waals surface area contributed by atoms with Crippen molar-refractivity contribution in [2.75, 3.05) is 6.61 Å². The van der Waals surface area contributed by atoms with Gasteiger partial charge in [-0.1, -0.05) is 25.4 Å². The highest BCUT2D eigenvalue weighted by atomic mass is 35.5. The topological polar surface area (TPSA) is 32.3 Å². The molecule has 90 valence electrons. The molecule has 0 aliphatic heterocycles. The molecule has 0 radical (unpaired) electrons. The molecule has 0 aliphatic rings. The summed E-state index contributed by atoms with van der Waals surface area (Å²) in [5.41, 5.74) is 0.709. The molecule has 1 aromatic carbocycles. The number of benzene rings is 1. The second kappa shape index (κ2) is 6.18. The smallest absolute Gasteiger partial charge is 0.123 e. The van der Waals surface area contributed by atoms with E-state index in [2.05, 4.69) is 5.32 Å². The molecule has 2 N–H and O–H groups in total. The van der Waals surface area contributed by atoms with Gasteiger partial charge in [0.1, 0.15) is 5.82 Å². The van der Waals surface area contributed by atoms with Gasteiger partial charge in [-0.3, -0.25) is 0 Å². The lowest BCUT2D eigenvalue weighted by Gasteiger charge is -2.20. The van der Waals surface area contributed by atoms with Crippen LogP contribution in [0.2, 0.25) is 5.02 Å². The number of aliphatic hydroxyl groups excluding tert-OH is 1.